The van der Waals surface area contributed by atoms with E-state index in [9.17, 15) is 9.59 Å². The van der Waals surface area contributed by atoms with Crippen LogP contribution in [0.1, 0.15) is 31.1 Å². The molecule has 0 aromatic carbocycles. The molecular weight excluding hydrogens is 318 g/mol. The van der Waals surface area contributed by atoms with Crippen molar-refractivity contribution in [1.29, 1.82) is 0 Å². The first-order valence-electron chi connectivity index (χ1n) is 7.72. The Morgan fingerprint density at radius 1 is 1.35 bits per heavy atom. The van der Waals surface area contributed by atoms with Crippen molar-refractivity contribution in [2.24, 2.45) is 16.5 Å². The first kappa shape index (κ1) is 16.0. The first-order chi connectivity index (χ1) is 11.1. The van der Waals surface area contributed by atoms with Crippen LogP contribution in [-0.2, 0) is 23.9 Å². The molecule has 0 amide bonds. The topological polar surface area (TPSA) is 74.2 Å². The average molecular weight is 337 g/mol. The Hall–Kier alpha value is -1.89. The molecule has 1 saturated carbocycles. The summed E-state index contributed by atoms with van der Waals surface area (Å²) in [5.74, 6) is -1.60. The number of fused-ring (bicyclic) bond motifs is 1. The Bertz CT molecular complexity index is 606. The van der Waals surface area contributed by atoms with Crippen LogP contribution in [0.2, 0.25) is 0 Å². The monoisotopic (exact) mass is 337 g/mol. The van der Waals surface area contributed by atoms with E-state index in [1.54, 1.807) is 13.8 Å². The second-order valence-electron chi connectivity index (χ2n) is 5.57. The normalized spacial score (nSPS) is 24.5. The maximum Gasteiger partial charge on any atom is 0.324 e. The summed E-state index contributed by atoms with van der Waals surface area (Å²) < 4.78 is 10.5. The van der Waals surface area contributed by atoms with Gasteiger partial charge in [-0.3, -0.25) is 9.59 Å². The lowest BCUT2D eigenvalue weighted by molar-refractivity contribution is -0.173. The highest BCUT2D eigenvalue weighted by atomic mass is 32.1. The highest BCUT2D eigenvalue weighted by molar-refractivity contribution is 7.10. The van der Waals surface area contributed by atoms with E-state index in [-0.39, 0.29) is 19.1 Å². The van der Waals surface area contributed by atoms with Crippen molar-refractivity contribution in [2.45, 2.75) is 26.2 Å². The zero-order valence-electron chi connectivity index (χ0n) is 13.1. The number of thiophene rings is 1. The Morgan fingerprint density at radius 3 is 2.61 bits per heavy atom. The van der Waals surface area contributed by atoms with Gasteiger partial charge in [-0.05, 0) is 31.7 Å². The summed E-state index contributed by atoms with van der Waals surface area (Å²) >= 11 is 1.49. The molecule has 1 aliphatic heterocycles. The number of carbonyl (C=O) groups is 2. The van der Waals surface area contributed by atoms with Crippen molar-refractivity contribution in [3.05, 3.63) is 22.4 Å². The van der Waals surface area contributed by atoms with Crippen molar-refractivity contribution < 1.29 is 23.9 Å². The van der Waals surface area contributed by atoms with Crippen LogP contribution in [0.4, 0.5) is 0 Å². The van der Waals surface area contributed by atoms with Gasteiger partial charge in [0.1, 0.15) is 6.61 Å². The zero-order valence-corrected chi connectivity index (χ0v) is 13.9. The maximum absolute atomic E-state index is 12.8. The molecule has 0 saturated heterocycles. The molecule has 0 N–H and O–H groups in total. The standard InChI is InChI=1S/C16H19NO5S/c1-3-20-14(18)16(15(19)21-4-2)8-10-9-22-17-13(10)12(16)11-6-5-7-23-11/h5-7,10,12H,3-4,8-9H2,1-2H3/t10-,12-/m1/s1. The minimum atomic E-state index is -1.37. The van der Waals surface area contributed by atoms with Crippen LogP contribution in [0.5, 0.6) is 0 Å². The fourth-order valence-corrected chi connectivity index (χ4v) is 4.35. The van der Waals surface area contributed by atoms with Gasteiger partial charge in [0.2, 0.25) is 0 Å². The molecule has 2 heterocycles. The minimum absolute atomic E-state index is 0.0593. The Balaban J connectivity index is 2.11. The van der Waals surface area contributed by atoms with Crippen LogP contribution in [-0.4, -0.2) is 37.5 Å². The molecule has 2 atom stereocenters. The predicted molar refractivity (Wildman–Crippen MR) is 84.3 cm³/mol. The van der Waals surface area contributed by atoms with Gasteiger partial charge in [0.15, 0.2) is 5.41 Å². The summed E-state index contributed by atoms with van der Waals surface area (Å²) in [4.78, 5) is 31.7. The van der Waals surface area contributed by atoms with Crippen LogP contribution in [0.15, 0.2) is 22.7 Å². The third-order valence-electron chi connectivity index (χ3n) is 4.33. The second kappa shape index (κ2) is 6.31. The van der Waals surface area contributed by atoms with Crippen LogP contribution >= 0.6 is 11.3 Å². The van der Waals surface area contributed by atoms with Crippen LogP contribution in [0.25, 0.3) is 0 Å². The molecule has 124 valence electrons. The summed E-state index contributed by atoms with van der Waals surface area (Å²) in [6.07, 6.45) is 0.312. The largest absolute Gasteiger partial charge is 0.465 e. The van der Waals surface area contributed by atoms with E-state index < -0.39 is 23.3 Å². The van der Waals surface area contributed by atoms with E-state index in [1.165, 1.54) is 11.3 Å². The smallest absolute Gasteiger partial charge is 0.324 e. The summed E-state index contributed by atoms with van der Waals surface area (Å²) in [6.45, 7) is 4.27. The van der Waals surface area contributed by atoms with Gasteiger partial charge in [0.25, 0.3) is 0 Å². The number of carbonyl (C=O) groups excluding carboxylic acids is 2. The van der Waals surface area contributed by atoms with Gasteiger partial charge in [0, 0.05) is 10.8 Å². The van der Waals surface area contributed by atoms with E-state index in [4.69, 9.17) is 14.3 Å². The van der Waals surface area contributed by atoms with Gasteiger partial charge < -0.3 is 14.3 Å². The van der Waals surface area contributed by atoms with Crippen molar-refractivity contribution >= 4 is 29.0 Å². The van der Waals surface area contributed by atoms with E-state index in [2.05, 4.69) is 5.16 Å². The van der Waals surface area contributed by atoms with E-state index in [0.717, 1.165) is 10.6 Å². The van der Waals surface area contributed by atoms with Gasteiger partial charge in [-0.2, -0.15) is 0 Å². The number of esters is 2. The number of nitrogens with zero attached hydrogens (tertiary/aromatic N) is 1. The molecule has 1 fully saturated rings. The quantitative estimate of drug-likeness (QED) is 0.609. The van der Waals surface area contributed by atoms with Crippen molar-refractivity contribution in [1.82, 2.24) is 0 Å². The van der Waals surface area contributed by atoms with E-state index >= 15 is 0 Å². The number of hydrogen-bond donors (Lipinski definition) is 0. The number of ether oxygens (including phenoxy) is 2. The molecule has 1 aliphatic carbocycles. The molecule has 23 heavy (non-hydrogen) atoms. The third kappa shape index (κ3) is 2.43. The average Bonchev–Trinajstić information content (AvgIpc) is 3.23. The highest BCUT2D eigenvalue weighted by Gasteiger charge is 2.65. The van der Waals surface area contributed by atoms with Crippen LogP contribution < -0.4 is 0 Å². The highest BCUT2D eigenvalue weighted by Crippen LogP contribution is 2.54. The van der Waals surface area contributed by atoms with Gasteiger partial charge >= 0.3 is 11.9 Å². The molecule has 6 nitrogen and oxygen atoms in total. The lowest BCUT2D eigenvalue weighted by Crippen LogP contribution is -2.45. The first-order valence-corrected chi connectivity index (χ1v) is 8.60. The summed E-state index contributed by atoms with van der Waals surface area (Å²) in [5.41, 5.74) is -0.627. The molecule has 2 aliphatic rings. The lowest BCUT2D eigenvalue weighted by Gasteiger charge is -2.30. The van der Waals surface area contributed by atoms with Gasteiger partial charge in [0.05, 0.1) is 24.8 Å². The van der Waals surface area contributed by atoms with Crippen molar-refractivity contribution in [2.75, 3.05) is 19.8 Å². The van der Waals surface area contributed by atoms with Crippen LogP contribution in [0.3, 0.4) is 0 Å². The molecule has 7 heteroatoms. The minimum Gasteiger partial charge on any atom is -0.465 e. The van der Waals surface area contributed by atoms with Crippen molar-refractivity contribution in [3.8, 4) is 0 Å². The SMILES string of the molecule is CCOC(=O)C1(C(=O)OCC)C[C@@H]2CON=C2[C@H]1c1cccs1. The summed E-state index contributed by atoms with van der Waals surface area (Å²) in [7, 11) is 0. The summed E-state index contributed by atoms with van der Waals surface area (Å²) in [5, 5.41) is 6.04. The van der Waals surface area contributed by atoms with E-state index in [0.29, 0.717) is 13.0 Å². The maximum atomic E-state index is 12.8. The van der Waals surface area contributed by atoms with Gasteiger partial charge in [-0.15, -0.1) is 11.3 Å². The van der Waals surface area contributed by atoms with Crippen LogP contribution in [0, 0.1) is 11.3 Å². The fourth-order valence-electron chi connectivity index (χ4n) is 3.42. The molecule has 0 bridgehead atoms. The lowest BCUT2D eigenvalue weighted by atomic mass is 9.76. The Morgan fingerprint density at radius 2 is 2.04 bits per heavy atom. The van der Waals surface area contributed by atoms with Crippen molar-refractivity contribution in [3.63, 3.8) is 0 Å². The molecule has 3 rings (SSSR count). The number of rotatable bonds is 5. The third-order valence-corrected chi connectivity index (χ3v) is 5.27. The predicted octanol–water partition coefficient (Wildman–Crippen LogP) is 2.35. The fraction of sp³-hybridized carbons (Fsp3) is 0.562. The number of hydrogen-bond acceptors (Lipinski definition) is 7. The molecule has 1 aromatic rings. The molecule has 0 spiro atoms. The molecule has 1 aromatic heterocycles. The van der Waals surface area contributed by atoms with Gasteiger partial charge in [-0.1, -0.05) is 11.2 Å². The molecular formula is C16H19NO5S. The second-order valence-corrected chi connectivity index (χ2v) is 6.55. The molecule has 0 unspecified atom stereocenters. The Kier molecular flexibility index (Phi) is 4.39. The zero-order chi connectivity index (χ0) is 16.4. The number of oxime groups is 1. The van der Waals surface area contributed by atoms with E-state index in [1.807, 2.05) is 17.5 Å². The summed E-state index contributed by atoms with van der Waals surface area (Å²) in [6, 6.07) is 3.80. The molecule has 0 radical (unpaired) electrons. The Labute approximate surface area is 138 Å². The van der Waals surface area contributed by atoms with Gasteiger partial charge in [-0.25, -0.2) is 0 Å².